The molecular weight excluding hydrogens is 608 g/mol. The smallest absolute Gasteiger partial charge is 0.187 e. The molecule has 0 radical (unpaired) electrons. The van der Waals surface area contributed by atoms with Crippen molar-refractivity contribution in [3.8, 4) is 0 Å². The molecule has 0 aliphatic carbocycles. The van der Waals surface area contributed by atoms with E-state index in [2.05, 4.69) is 0 Å². The molecule has 4 saturated heterocycles. The van der Waals surface area contributed by atoms with Crippen LogP contribution >= 0.6 is 0 Å². The summed E-state index contributed by atoms with van der Waals surface area (Å²) in [6.45, 7) is -2.98. The van der Waals surface area contributed by atoms with E-state index in [1.165, 1.54) is 7.11 Å². The minimum atomic E-state index is -1.98. The van der Waals surface area contributed by atoms with Crippen LogP contribution in [-0.2, 0) is 37.9 Å². The number of rotatable bonds is 10. The molecule has 0 aromatic carbocycles. The van der Waals surface area contributed by atoms with Crippen LogP contribution in [0, 0.1) is 0 Å². The third kappa shape index (κ3) is 7.19. The number of hydrogen-bond donors (Lipinski definition) is 12. The van der Waals surface area contributed by atoms with Crippen LogP contribution in [0.25, 0.3) is 0 Å². The molecule has 0 spiro atoms. The lowest BCUT2D eigenvalue weighted by atomic mass is 9.95. The summed E-state index contributed by atoms with van der Waals surface area (Å²) >= 11 is 0. The van der Waals surface area contributed by atoms with Gasteiger partial charge >= 0.3 is 0 Å². The summed E-state index contributed by atoms with van der Waals surface area (Å²) in [5, 5.41) is 123. The van der Waals surface area contributed by atoms with Gasteiger partial charge in [-0.25, -0.2) is 0 Å². The SMILES string of the molecule is CO[C@@H]1O[C@H](CO)[C@H](O[C@@H]2O[C@H](CO)[C@@H](O)[C@H](O[C@@H]3OC[C@@H](O)[C@H](O)[C@H]3O)[C@H]2O[C@@H]2O[C@H](CO)[C@@H](O)[C@H](O)[C@H]2O)[C@H](O)[C@H]1O. The fourth-order valence-corrected chi connectivity index (χ4v) is 5.41. The van der Waals surface area contributed by atoms with Gasteiger partial charge in [0.2, 0.25) is 0 Å². The normalized spacial score (nSPS) is 52.2. The van der Waals surface area contributed by atoms with Crippen molar-refractivity contribution >= 4 is 0 Å². The highest BCUT2D eigenvalue weighted by Crippen LogP contribution is 2.35. The summed E-state index contributed by atoms with van der Waals surface area (Å²) in [5.74, 6) is 0. The Hall–Kier alpha value is -0.800. The molecule has 258 valence electrons. The maximum absolute atomic E-state index is 11.1. The highest BCUT2D eigenvalue weighted by atomic mass is 16.8. The first-order valence-corrected chi connectivity index (χ1v) is 13.9. The van der Waals surface area contributed by atoms with Crippen LogP contribution in [-0.4, -0.2) is 212 Å². The van der Waals surface area contributed by atoms with E-state index < -0.39 is 143 Å². The highest BCUT2D eigenvalue weighted by molar-refractivity contribution is 4.98. The van der Waals surface area contributed by atoms with Crippen LogP contribution in [0.1, 0.15) is 0 Å². The Morgan fingerprint density at radius 3 is 1.59 bits per heavy atom. The average molecular weight is 651 g/mol. The molecule has 12 N–H and O–H groups in total. The molecule has 20 nitrogen and oxygen atoms in total. The lowest BCUT2D eigenvalue weighted by Gasteiger charge is -2.50. The van der Waals surface area contributed by atoms with Crippen LogP contribution in [0.2, 0.25) is 0 Å². The van der Waals surface area contributed by atoms with Crippen molar-refractivity contribution < 1.29 is 99.2 Å². The Morgan fingerprint density at radius 2 is 0.977 bits per heavy atom. The number of aliphatic hydroxyl groups excluding tert-OH is 12. The summed E-state index contributed by atoms with van der Waals surface area (Å²) in [6.07, 6.45) is -32.4. The molecule has 0 amide bonds. The fourth-order valence-electron chi connectivity index (χ4n) is 5.41. The summed E-state index contributed by atoms with van der Waals surface area (Å²) in [4.78, 5) is 0. The Bertz CT molecular complexity index is 883. The van der Waals surface area contributed by atoms with Gasteiger partial charge in [-0.2, -0.15) is 0 Å². The summed E-state index contributed by atoms with van der Waals surface area (Å²) in [7, 11) is 1.18. The molecule has 19 atom stereocenters. The van der Waals surface area contributed by atoms with Crippen molar-refractivity contribution in [1.82, 2.24) is 0 Å². The molecule has 4 heterocycles. The third-order valence-corrected chi connectivity index (χ3v) is 8.03. The Kier molecular flexibility index (Phi) is 12.6. The van der Waals surface area contributed by atoms with Crippen molar-refractivity contribution in [1.29, 1.82) is 0 Å². The molecule has 0 bridgehead atoms. The van der Waals surface area contributed by atoms with E-state index >= 15 is 0 Å². The first-order chi connectivity index (χ1) is 20.9. The molecule has 4 fully saturated rings. The van der Waals surface area contributed by atoms with Gasteiger partial charge in [0.25, 0.3) is 0 Å². The third-order valence-electron chi connectivity index (χ3n) is 8.03. The van der Waals surface area contributed by atoms with Crippen LogP contribution < -0.4 is 0 Å². The zero-order chi connectivity index (χ0) is 32.5. The van der Waals surface area contributed by atoms with Crippen molar-refractivity contribution in [3.63, 3.8) is 0 Å². The molecule has 20 heteroatoms. The molecule has 0 aromatic heterocycles. The molecule has 4 aliphatic rings. The maximum atomic E-state index is 11.1. The summed E-state index contributed by atoms with van der Waals surface area (Å²) in [6, 6.07) is 0. The number of methoxy groups -OCH3 is 1. The van der Waals surface area contributed by atoms with Crippen molar-refractivity contribution in [2.24, 2.45) is 0 Å². The maximum Gasteiger partial charge on any atom is 0.187 e. The van der Waals surface area contributed by atoms with Gasteiger partial charge in [-0.15, -0.1) is 0 Å². The van der Waals surface area contributed by atoms with Crippen molar-refractivity contribution in [2.45, 2.75) is 117 Å². The first-order valence-electron chi connectivity index (χ1n) is 13.9. The summed E-state index contributed by atoms with van der Waals surface area (Å²) < 4.78 is 44.2. The molecule has 0 aromatic rings. The van der Waals surface area contributed by atoms with Crippen LogP contribution in [0.5, 0.6) is 0 Å². The van der Waals surface area contributed by atoms with Gasteiger partial charge in [0.15, 0.2) is 25.2 Å². The minimum Gasteiger partial charge on any atom is -0.394 e. The van der Waals surface area contributed by atoms with Gasteiger partial charge in [-0.05, 0) is 0 Å². The first kappa shape index (κ1) is 36.0. The van der Waals surface area contributed by atoms with E-state index in [1.54, 1.807) is 0 Å². The molecule has 0 saturated carbocycles. The fraction of sp³-hybridized carbons (Fsp3) is 1.00. The molecule has 4 aliphatic heterocycles. The van der Waals surface area contributed by atoms with E-state index in [0.29, 0.717) is 0 Å². The van der Waals surface area contributed by atoms with Gasteiger partial charge in [0, 0.05) is 7.11 Å². The second-order valence-electron chi connectivity index (χ2n) is 10.9. The lowest BCUT2D eigenvalue weighted by molar-refractivity contribution is -0.402. The standard InChI is InChI=1S/C24H42O20/c1-37-21-17(36)14(33)18(9(4-27)41-21)42-24-20(44-23-16(35)13(32)11(30)7(2-25)39-23)19(12(31)8(3-26)40-24)43-22-15(34)10(29)6(28)5-38-22/h6-36H,2-5H2,1H3/t6-,7-,8-,9-,10+,11-,12-,13+,14-,15-,16-,17-,18+,19+,20-,21-,22+,23+,24+/m1/s1. The van der Waals surface area contributed by atoms with Crippen LogP contribution in [0.3, 0.4) is 0 Å². The topological polar surface area (TPSA) is 317 Å². The second-order valence-corrected chi connectivity index (χ2v) is 10.9. The van der Waals surface area contributed by atoms with Gasteiger partial charge in [0.1, 0.15) is 91.6 Å². The predicted molar refractivity (Wildman–Crippen MR) is 133 cm³/mol. The van der Waals surface area contributed by atoms with E-state index in [1.807, 2.05) is 0 Å². The van der Waals surface area contributed by atoms with E-state index in [9.17, 15) is 61.3 Å². The zero-order valence-electron chi connectivity index (χ0n) is 23.4. The monoisotopic (exact) mass is 650 g/mol. The van der Waals surface area contributed by atoms with E-state index in [-0.39, 0.29) is 0 Å². The highest BCUT2D eigenvalue weighted by Gasteiger charge is 2.56. The number of aliphatic hydroxyl groups is 12. The average Bonchev–Trinajstić information content (AvgIpc) is 3.02. The molecule has 4 rings (SSSR count). The number of ether oxygens (including phenoxy) is 8. The Morgan fingerprint density at radius 1 is 0.477 bits per heavy atom. The predicted octanol–water partition coefficient (Wildman–Crippen LogP) is -8.46. The van der Waals surface area contributed by atoms with Gasteiger partial charge in [-0.3, -0.25) is 0 Å². The van der Waals surface area contributed by atoms with Gasteiger partial charge in [0.05, 0.1) is 26.4 Å². The second kappa shape index (κ2) is 15.4. The summed E-state index contributed by atoms with van der Waals surface area (Å²) in [5.41, 5.74) is 0. The zero-order valence-corrected chi connectivity index (χ0v) is 23.4. The quantitative estimate of drug-likeness (QED) is 0.104. The van der Waals surface area contributed by atoms with Crippen LogP contribution in [0.15, 0.2) is 0 Å². The lowest BCUT2D eigenvalue weighted by Crippen LogP contribution is -2.68. The van der Waals surface area contributed by atoms with E-state index in [4.69, 9.17) is 37.9 Å². The Labute approximate surface area is 250 Å². The number of hydrogen-bond acceptors (Lipinski definition) is 20. The van der Waals surface area contributed by atoms with E-state index in [0.717, 1.165) is 0 Å². The molecule has 44 heavy (non-hydrogen) atoms. The molecule has 0 unspecified atom stereocenters. The largest absolute Gasteiger partial charge is 0.394 e. The van der Waals surface area contributed by atoms with Gasteiger partial charge < -0.3 is 99.2 Å². The van der Waals surface area contributed by atoms with Crippen molar-refractivity contribution in [2.75, 3.05) is 33.5 Å². The Balaban J connectivity index is 1.68. The molecular formula is C24H42O20. The van der Waals surface area contributed by atoms with Gasteiger partial charge in [-0.1, -0.05) is 0 Å². The van der Waals surface area contributed by atoms with Crippen molar-refractivity contribution in [3.05, 3.63) is 0 Å². The van der Waals surface area contributed by atoms with Crippen LogP contribution in [0.4, 0.5) is 0 Å². The minimum absolute atomic E-state index is 0.508.